The predicted octanol–water partition coefficient (Wildman–Crippen LogP) is 3.39. The van der Waals surface area contributed by atoms with Crippen LogP contribution in [0.3, 0.4) is 0 Å². The van der Waals surface area contributed by atoms with Crippen LogP contribution in [0.25, 0.3) is 0 Å². The second-order valence-electron chi connectivity index (χ2n) is 5.63. The molecule has 2 atom stereocenters. The van der Waals surface area contributed by atoms with Gasteiger partial charge in [0.25, 0.3) is 0 Å². The third-order valence-electron chi connectivity index (χ3n) is 3.90. The maximum Gasteiger partial charge on any atom is 0.308 e. The van der Waals surface area contributed by atoms with Gasteiger partial charge in [-0.1, -0.05) is 18.5 Å². The Bertz CT molecular complexity index is 535. The zero-order valence-corrected chi connectivity index (χ0v) is 14.1. The van der Waals surface area contributed by atoms with Gasteiger partial charge in [-0.25, -0.2) is 0 Å². The minimum atomic E-state index is -0.805. The van der Waals surface area contributed by atoms with E-state index in [4.69, 9.17) is 16.7 Å². The van der Waals surface area contributed by atoms with Crippen molar-refractivity contribution in [2.45, 2.75) is 24.7 Å². The van der Waals surface area contributed by atoms with Crippen LogP contribution in [0, 0.1) is 11.8 Å². The first-order chi connectivity index (χ1) is 10.5. The van der Waals surface area contributed by atoms with Crippen molar-refractivity contribution in [3.63, 3.8) is 0 Å². The molecule has 2 rings (SSSR count). The minimum absolute atomic E-state index is 0.0323. The average molecular weight is 342 g/mol. The monoisotopic (exact) mass is 341 g/mol. The van der Waals surface area contributed by atoms with Crippen molar-refractivity contribution >= 4 is 35.2 Å². The molecule has 1 aromatic rings. The first kappa shape index (κ1) is 17.2. The number of rotatable bonds is 6. The zero-order valence-electron chi connectivity index (χ0n) is 12.5. The molecule has 0 aliphatic carbocycles. The van der Waals surface area contributed by atoms with E-state index in [1.165, 1.54) is 0 Å². The number of amides is 1. The highest BCUT2D eigenvalue weighted by molar-refractivity contribution is 7.99. The van der Waals surface area contributed by atoms with Gasteiger partial charge in [0.1, 0.15) is 0 Å². The fourth-order valence-electron chi connectivity index (χ4n) is 2.59. The average Bonchev–Trinajstić information content (AvgIpc) is 2.87. The molecule has 6 heteroatoms. The van der Waals surface area contributed by atoms with Crippen molar-refractivity contribution in [1.29, 1.82) is 0 Å². The van der Waals surface area contributed by atoms with Crippen molar-refractivity contribution in [2.24, 2.45) is 11.8 Å². The molecule has 1 heterocycles. The fourth-order valence-corrected chi connectivity index (χ4v) is 3.57. The van der Waals surface area contributed by atoms with Crippen LogP contribution < -0.4 is 0 Å². The van der Waals surface area contributed by atoms with Gasteiger partial charge < -0.3 is 10.0 Å². The second-order valence-corrected chi connectivity index (χ2v) is 7.23. The molecule has 0 saturated carbocycles. The van der Waals surface area contributed by atoms with Crippen LogP contribution in [0.4, 0.5) is 0 Å². The zero-order chi connectivity index (χ0) is 16.1. The number of halogens is 1. The van der Waals surface area contributed by atoms with E-state index >= 15 is 0 Å². The van der Waals surface area contributed by atoms with Gasteiger partial charge in [0.05, 0.1) is 5.92 Å². The normalized spacial score (nSPS) is 21.1. The van der Waals surface area contributed by atoms with Gasteiger partial charge >= 0.3 is 5.97 Å². The third-order valence-corrected chi connectivity index (χ3v) is 5.25. The highest BCUT2D eigenvalue weighted by Crippen LogP contribution is 2.25. The molecule has 1 aliphatic rings. The van der Waals surface area contributed by atoms with E-state index in [9.17, 15) is 9.59 Å². The van der Waals surface area contributed by atoms with E-state index in [-0.39, 0.29) is 11.8 Å². The number of carboxylic acid groups (broad SMARTS) is 1. The Morgan fingerprint density at radius 2 is 2.00 bits per heavy atom. The lowest BCUT2D eigenvalue weighted by Gasteiger charge is -2.15. The smallest absolute Gasteiger partial charge is 0.308 e. The molecule has 0 unspecified atom stereocenters. The molecule has 1 N–H and O–H groups in total. The largest absolute Gasteiger partial charge is 0.481 e. The van der Waals surface area contributed by atoms with Crippen LogP contribution in [-0.4, -0.2) is 40.7 Å². The Hall–Kier alpha value is -1.20. The molecular weight excluding hydrogens is 322 g/mol. The summed E-state index contributed by atoms with van der Waals surface area (Å²) in [6.07, 6.45) is 1.26. The summed E-state index contributed by atoms with van der Waals surface area (Å²) >= 11 is 7.53. The fraction of sp³-hybridized carbons (Fsp3) is 0.500. The molecular formula is C16H20ClNO3S. The molecule has 4 nitrogen and oxygen atoms in total. The summed E-state index contributed by atoms with van der Waals surface area (Å²) in [4.78, 5) is 26.0. The summed E-state index contributed by atoms with van der Waals surface area (Å²) in [6.45, 7) is 2.79. The molecule has 1 fully saturated rings. The first-order valence-corrected chi connectivity index (χ1v) is 8.72. The number of carbonyl (C=O) groups is 2. The quantitative estimate of drug-likeness (QED) is 0.636. The highest BCUT2D eigenvalue weighted by atomic mass is 35.5. The summed E-state index contributed by atoms with van der Waals surface area (Å²) in [6, 6.07) is 7.64. The number of benzene rings is 1. The SMILES string of the molecule is C[C@@H]1CN(C(=O)CCCSc2ccc(Cl)cc2)C[C@H]1C(=O)O. The second kappa shape index (κ2) is 7.88. The lowest BCUT2D eigenvalue weighted by molar-refractivity contribution is -0.142. The molecule has 0 radical (unpaired) electrons. The number of carbonyl (C=O) groups excluding carboxylic acids is 1. The van der Waals surface area contributed by atoms with E-state index in [0.717, 1.165) is 22.1 Å². The van der Waals surface area contributed by atoms with Gasteiger partial charge in [0.2, 0.25) is 5.91 Å². The maximum atomic E-state index is 12.1. The molecule has 0 aromatic heterocycles. The molecule has 120 valence electrons. The summed E-state index contributed by atoms with van der Waals surface area (Å²) < 4.78 is 0. The Balaban J connectivity index is 1.70. The van der Waals surface area contributed by atoms with E-state index < -0.39 is 11.9 Å². The Morgan fingerprint density at radius 1 is 1.32 bits per heavy atom. The van der Waals surface area contributed by atoms with Crippen LogP contribution in [0.5, 0.6) is 0 Å². The summed E-state index contributed by atoms with van der Waals surface area (Å²) in [5.74, 6) is -0.273. The van der Waals surface area contributed by atoms with Crippen molar-refractivity contribution in [2.75, 3.05) is 18.8 Å². The topological polar surface area (TPSA) is 57.6 Å². The van der Waals surface area contributed by atoms with Crippen LogP contribution >= 0.6 is 23.4 Å². The van der Waals surface area contributed by atoms with Gasteiger partial charge in [0.15, 0.2) is 0 Å². The number of likely N-dealkylation sites (tertiary alicyclic amines) is 1. The summed E-state index contributed by atoms with van der Waals surface area (Å²) in [7, 11) is 0. The standard InChI is InChI=1S/C16H20ClNO3S/c1-11-9-18(10-14(11)16(20)21)15(19)3-2-8-22-13-6-4-12(17)5-7-13/h4-7,11,14H,2-3,8-10H2,1H3,(H,20,21)/t11-,14-/m1/s1. The van der Waals surface area contributed by atoms with Crippen LogP contribution in [0.2, 0.25) is 5.02 Å². The lowest BCUT2D eigenvalue weighted by Crippen LogP contribution is -2.29. The predicted molar refractivity (Wildman–Crippen MR) is 88.3 cm³/mol. The van der Waals surface area contributed by atoms with Crippen LogP contribution in [-0.2, 0) is 9.59 Å². The van der Waals surface area contributed by atoms with Crippen LogP contribution in [0.1, 0.15) is 19.8 Å². The summed E-state index contributed by atoms with van der Waals surface area (Å²) in [5.41, 5.74) is 0. The van der Waals surface area contributed by atoms with Gasteiger partial charge in [0, 0.05) is 29.4 Å². The van der Waals surface area contributed by atoms with Crippen molar-refractivity contribution in [3.05, 3.63) is 29.3 Å². The lowest BCUT2D eigenvalue weighted by atomic mass is 9.99. The Kier molecular flexibility index (Phi) is 6.15. The van der Waals surface area contributed by atoms with E-state index in [0.29, 0.717) is 19.5 Å². The molecule has 1 aliphatic heterocycles. The third kappa shape index (κ3) is 4.65. The number of hydrogen-bond donors (Lipinski definition) is 1. The summed E-state index contributed by atoms with van der Waals surface area (Å²) in [5, 5.41) is 9.81. The molecule has 1 amide bonds. The van der Waals surface area contributed by atoms with E-state index in [1.807, 2.05) is 31.2 Å². The molecule has 1 saturated heterocycles. The number of aliphatic carboxylic acids is 1. The Morgan fingerprint density at radius 3 is 2.59 bits per heavy atom. The molecule has 1 aromatic carbocycles. The van der Waals surface area contributed by atoms with Gasteiger partial charge in [-0.05, 0) is 42.4 Å². The van der Waals surface area contributed by atoms with Crippen molar-refractivity contribution < 1.29 is 14.7 Å². The Labute approximate surface area is 139 Å². The number of hydrogen-bond acceptors (Lipinski definition) is 3. The minimum Gasteiger partial charge on any atom is -0.481 e. The van der Waals surface area contributed by atoms with E-state index in [2.05, 4.69) is 0 Å². The van der Waals surface area contributed by atoms with E-state index in [1.54, 1.807) is 16.7 Å². The maximum absolute atomic E-state index is 12.1. The van der Waals surface area contributed by atoms with Gasteiger partial charge in [-0.2, -0.15) is 0 Å². The van der Waals surface area contributed by atoms with Crippen LogP contribution in [0.15, 0.2) is 29.2 Å². The highest BCUT2D eigenvalue weighted by Gasteiger charge is 2.36. The van der Waals surface area contributed by atoms with Crippen molar-refractivity contribution in [1.82, 2.24) is 4.90 Å². The molecule has 0 spiro atoms. The number of nitrogens with zero attached hydrogens (tertiary/aromatic N) is 1. The van der Waals surface area contributed by atoms with Gasteiger partial charge in [-0.3, -0.25) is 9.59 Å². The number of thioether (sulfide) groups is 1. The number of carboxylic acids is 1. The molecule has 22 heavy (non-hydrogen) atoms. The van der Waals surface area contributed by atoms with Gasteiger partial charge in [-0.15, -0.1) is 11.8 Å². The molecule has 0 bridgehead atoms. The van der Waals surface area contributed by atoms with Crippen molar-refractivity contribution in [3.8, 4) is 0 Å². The first-order valence-electron chi connectivity index (χ1n) is 7.36.